The summed E-state index contributed by atoms with van der Waals surface area (Å²) in [7, 11) is 0. The van der Waals surface area contributed by atoms with Gasteiger partial charge in [0.2, 0.25) is 0 Å². The van der Waals surface area contributed by atoms with Gasteiger partial charge in [0.15, 0.2) is 0 Å². The molecular formula is C9H8Cl2FI. The first-order chi connectivity index (χ1) is 6.06. The molecule has 1 aromatic carbocycles. The monoisotopic (exact) mass is 332 g/mol. The van der Waals surface area contributed by atoms with Gasteiger partial charge in [0.25, 0.3) is 0 Å². The van der Waals surface area contributed by atoms with Crippen LogP contribution in [0.2, 0.25) is 10.0 Å². The lowest BCUT2D eigenvalue weighted by molar-refractivity contribution is 0.613. The lowest BCUT2D eigenvalue weighted by Crippen LogP contribution is -1.91. The average molecular weight is 333 g/mol. The fourth-order valence-corrected chi connectivity index (χ4v) is 2.39. The summed E-state index contributed by atoms with van der Waals surface area (Å²) in [6.07, 6.45) is 0. The van der Waals surface area contributed by atoms with Crippen LogP contribution in [0, 0.1) is 5.82 Å². The number of benzene rings is 1. The van der Waals surface area contributed by atoms with Gasteiger partial charge in [-0.2, -0.15) is 0 Å². The molecule has 0 saturated heterocycles. The summed E-state index contributed by atoms with van der Waals surface area (Å²) in [5.41, 5.74) is 0.584. The Balaban J connectivity index is 3.27. The zero-order chi connectivity index (χ0) is 10.0. The van der Waals surface area contributed by atoms with Crippen molar-refractivity contribution in [1.29, 1.82) is 0 Å². The van der Waals surface area contributed by atoms with E-state index in [-0.39, 0.29) is 35.5 Å². The van der Waals surface area contributed by atoms with Crippen molar-refractivity contribution in [2.24, 2.45) is 0 Å². The number of halogens is 4. The molecule has 0 aliphatic carbocycles. The highest BCUT2D eigenvalue weighted by atomic mass is 127. The Morgan fingerprint density at radius 1 is 1.46 bits per heavy atom. The third-order valence-corrected chi connectivity index (χ3v) is 4.17. The van der Waals surface area contributed by atoms with Crippen LogP contribution >= 0.6 is 43.9 Å². The predicted molar refractivity (Wildman–Crippen MR) is 66.0 cm³/mol. The summed E-state index contributed by atoms with van der Waals surface area (Å²) in [5.74, 6) is -0.359. The molecule has 1 rings (SSSR count). The molecule has 0 N–H and O–H groups in total. The fraction of sp³-hybridized carbons (Fsp3) is 0.222. The molecule has 0 spiro atoms. The van der Waals surface area contributed by atoms with Crippen LogP contribution in [0.5, 0.6) is 0 Å². The zero-order valence-electron chi connectivity index (χ0n) is 6.95. The first-order valence-electron chi connectivity index (χ1n) is 3.57. The molecule has 4 heteroatoms. The van der Waals surface area contributed by atoms with Gasteiger partial charge in [0.05, 0.1) is 5.02 Å². The molecule has 0 aromatic heterocycles. The van der Waals surface area contributed by atoms with Crippen LogP contribution in [0.15, 0.2) is 12.1 Å². The van der Waals surface area contributed by atoms with Gasteiger partial charge in [-0.25, -0.2) is 4.39 Å². The summed E-state index contributed by atoms with van der Waals surface area (Å²) < 4.78 is 17.4. The van der Waals surface area contributed by atoms with Crippen LogP contribution in [-0.2, 0) is 0 Å². The maximum absolute atomic E-state index is 13.4. The predicted octanol–water partition coefficient (Wildman–Crippen LogP) is 4.60. The third-order valence-electron chi connectivity index (χ3n) is 1.68. The molecular weight excluding hydrogens is 325 g/mol. The van der Waals surface area contributed by atoms with Gasteiger partial charge in [-0.15, -0.1) is 20.7 Å². The highest BCUT2D eigenvalue weighted by Gasteiger charge is 2.12. The van der Waals surface area contributed by atoms with Gasteiger partial charge in [-0.3, -0.25) is 0 Å². The molecule has 0 radical (unpaired) electrons. The molecule has 1 atom stereocenters. The molecule has 0 fully saturated rings. The summed E-state index contributed by atoms with van der Waals surface area (Å²) >= 11 is 11.1. The second-order valence-corrected chi connectivity index (χ2v) is 6.15. The van der Waals surface area contributed by atoms with Gasteiger partial charge in [0, 0.05) is 14.5 Å². The van der Waals surface area contributed by atoms with Crippen molar-refractivity contribution in [3.63, 3.8) is 0 Å². The molecule has 0 bridgehead atoms. The van der Waals surface area contributed by atoms with E-state index in [0.717, 1.165) is 0 Å². The molecule has 0 aliphatic heterocycles. The molecule has 72 valence electrons. The van der Waals surface area contributed by atoms with Gasteiger partial charge in [0.1, 0.15) is 5.82 Å². The minimum atomic E-state index is -0.359. The van der Waals surface area contributed by atoms with Crippen LogP contribution in [0.3, 0.4) is 0 Å². The number of hydrogen-bond donors (Lipinski definition) is 0. The van der Waals surface area contributed by atoms with Crippen LogP contribution in [0.25, 0.3) is 0 Å². The smallest absolute Gasteiger partial charge is 0.146 e. The number of hydrogen-bond acceptors (Lipinski definition) is 0. The minimum absolute atomic E-state index is 0.0896. The van der Waals surface area contributed by atoms with Crippen LogP contribution in [0.4, 0.5) is 4.39 Å². The van der Waals surface area contributed by atoms with Crippen molar-refractivity contribution < 1.29 is 4.39 Å². The second kappa shape index (κ2) is 4.71. The molecule has 1 aromatic rings. The quantitative estimate of drug-likeness (QED) is 0.422. The van der Waals surface area contributed by atoms with Crippen LogP contribution < -0.4 is 0 Å². The molecule has 0 unspecified atom stereocenters. The molecule has 0 nitrogen and oxygen atoms in total. The van der Waals surface area contributed by atoms with Gasteiger partial charge >= 0.3 is 0 Å². The lowest BCUT2D eigenvalue weighted by atomic mass is 10.1. The van der Waals surface area contributed by atoms with E-state index in [2.05, 4.69) is 4.51 Å². The summed E-state index contributed by atoms with van der Waals surface area (Å²) in [4.78, 5) is 0. The van der Waals surface area contributed by atoms with E-state index in [1.54, 1.807) is 6.07 Å². The zero-order valence-corrected chi connectivity index (χ0v) is 10.6. The van der Waals surface area contributed by atoms with E-state index in [4.69, 9.17) is 23.2 Å². The Hall–Kier alpha value is 0.330. The molecule has 0 heterocycles. The third kappa shape index (κ3) is 2.64. The van der Waals surface area contributed by atoms with Crippen molar-refractivity contribution in [1.82, 2.24) is 0 Å². The van der Waals surface area contributed by atoms with E-state index in [9.17, 15) is 4.39 Å². The molecule has 13 heavy (non-hydrogen) atoms. The maximum atomic E-state index is 13.4. The SMILES string of the molecule is C=I[C@H](C)c1cc(Cl)cc(Cl)c1F. The Morgan fingerprint density at radius 2 is 2.08 bits per heavy atom. The Kier molecular flexibility index (Phi) is 4.13. The second-order valence-electron chi connectivity index (χ2n) is 2.56. The molecule has 0 saturated carbocycles. The van der Waals surface area contributed by atoms with Crippen molar-refractivity contribution in [3.05, 3.63) is 33.6 Å². The molecule has 0 amide bonds. The molecule has 0 aliphatic rings. The summed E-state index contributed by atoms with van der Waals surface area (Å²) in [6, 6.07) is 3.04. The Morgan fingerprint density at radius 3 is 2.62 bits per heavy atom. The summed E-state index contributed by atoms with van der Waals surface area (Å²) in [6.45, 7) is 1.94. The standard InChI is InChI=1S/C9H8Cl2FI/c1-5(13-2)7-3-6(10)4-8(11)9(7)12/h3-5H,2H2,1H3/t5-/m1/s1. The minimum Gasteiger partial charge on any atom is -0.205 e. The topological polar surface area (TPSA) is 0 Å². The number of alkyl halides is 1. The normalized spacial score (nSPS) is 12.9. The van der Waals surface area contributed by atoms with Gasteiger partial charge in [-0.05, 0) is 19.1 Å². The van der Waals surface area contributed by atoms with E-state index < -0.39 is 0 Å². The summed E-state index contributed by atoms with van der Waals surface area (Å²) in [5, 5.41) is 0.567. The Labute approximate surface area is 96.8 Å². The van der Waals surface area contributed by atoms with E-state index in [0.29, 0.717) is 10.6 Å². The first-order valence-corrected chi connectivity index (χ1v) is 7.10. The van der Waals surface area contributed by atoms with Crippen molar-refractivity contribution in [2.75, 3.05) is 0 Å². The van der Waals surface area contributed by atoms with Crippen molar-refractivity contribution >= 4 is 48.4 Å². The van der Waals surface area contributed by atoms with Gasteiger partial charge < -0.3 is 0 Å². The van der Waals surface area contributed by atoms with Gasteiger partial charge in [-0.1, -0.05) is 27.7 Å². The van der Waals surface area contributed by atoms with E-state index >= 15 is 0 Å². The Bertz CT molecular complexity index is 339. The highest BCUT2D eigenvalue weighted by molar-refractivity contribution is 14.2. The van der Waals surface area contributed by atoms with Crippen LogP contribution in [-0.4, -0.2) is 4.51 Å². The maximum Gasteiger partial charge on any atom is 0.146 e. The van der Waals surface area contributed by atoms with E-state index in [1.807, 2.05) is 6.92 Å². The van der Waals surface area contributed by atoms with Crippen LogP contribution in [0.1, 0.15) is 16.4 Å². The first kappa shape index (κ1) is 11.4. The highest BCUT2D eigenvalue weighted by Crippen LogP contribution is 2.33. The largest absolute Gasteiger partial charge is 0.205 e. The van der Waals surface area contributed by atoms with Crippen molar-refractivity contribution in [2.45, 2.75) is 10.8 Å². The lowest BCUT2D eigenvalue weighted by Gasteiger charge is -2.08. The van der Waals surface area contributed by atoms with E-state index in [1.165, 1.54) is 6.07 Å². The average Bonchev–Trinajstić information content (AvgIpc) is 2.10. The van der Waals surface area contributed by atoms with Crippen molar-refractivity contribution in [3.8, 4) is 0 Å². The number of rotatable bonds is 2. The fourth-order valence-electron chi connectivity index (χ4n) is 0.948.